The molecule has 1 saturated carbocycles. The number of pyridine rings is 1. The molecule has 0 bridgehead atoms. The molecule has 0 saturated heterocycles. The first-order valence-electron chi connectivity index (χ1n) is 6.64. The first-order chi connectivity index (χ1) is 8.83. The second-order valence-corrected chi connectivity index (χ2v) is 5.12. The van der Waals surface area contributed by atoms with Crippen molar-refractivity contribution in [2.45, 2.75) is 31.3 Å². The van der Waals surface area contributed by atoms with Gasteiger partial charge in [0.1, 0.15) is 0 Å². The first kappa shape index (κ1) is 11.6. The summed E-state index contributed by atoms with van der Waals surface area (Å²) in [5.74, 6) is 0. The third-order valence-electron chi connectivity index (χ3n) is 3.72. The summed E-state index contributed by atoms with van der Waals surface area (Å²) in [6.07, 6.45) is 5.13. The van der Waals surface area contributed by atoms with Gasteiger partial charge in [-0.25, -0.2) is 0 Å². The lowest BCUT2D eigenvalue weighted by atomic mass is 9.87. The van der Waals surface area contributed by atoms with Crippen molar-refractivity contribution in [1.29, 1.82) is 0 Å². The lowest BCUT2D eigenvalue weighted by Gasteiger charge is -2.33. The number of hydrogen-bond acceptors (Lipinski definition) is 3. The standard InChI is InChI=1S/C15H19N3/c16-13-9-14(10-13)17-8-6-12-4-1-3-11-5-2-7-18-15(11)12/h1-5,7,13-14,17H,6,8-10,16H2. The number of rotatable bonds is 4. The van der Waals surface area contributed by atoms with Gasteiger partial charge in [-0.3, -0.25) is 4.98 Å². The predicted molar refractivity (Wildman–Crippen MR) is 74.4 cm³/mol. The highest BCUT2D eigenvalue weighted by Crippen LogP contribution is 2.18. The Morgan fingerprint density at radius 2 is 2.06 bits per heavy atom. The monoisotopic (exact) mass is 241 g/mol. The van der Waals surface area contributed by atoms with E-state index in [0.717, 1.165) is 31.3 Å². The minimum Gasteiger partial charge on any atom is -0.328 e. The Bertz CT molecular complexity index is 527. The highest BCUT2D eigenvalue weighted by atomic mass is 14.9. The molecule has 0 radical (unpaired) electrons. The Labute approximate surface area is 107 Å². The lowest BCUT2D eigenvalue weighted by Crippen LogP contribution is -2.48. The number of nitrogens with one attached hydrogen (secondary N) is 1. The van der Waals surface area contributed by atoms with Gasteiger partial charge in [0.2, 0.25) is 0 Å². The van der Waals surface area contributed by atoms with Crippen LogP contribution in [0.1, 0.15) is 18.4 Å². The molecule has 0 spiro atoms. The van der Waals surface area contributed by atoms with E-state index in [1.54, 1.807) is 0 Å². The molecular formula is C15H19N3. The van der Waals surface area contributed by atoms with E-state index in [1.807, 2.05) is 12.3 Å². The SMILES string of the molecule is NC1CC(NCCc2cccc3cccnc23)C1. The number of hydrogen-bond donors (Lipinski definition) is 2. The number of fused-ring (bicyclic) bond motifs is 1. The molecule has 0 amide bonds. The van der Waals surface area contributed by atoms with E-state index < -0.39 is 0 Å². The third kappa shape index (κ3) is 2.37. The molecule has 1 aromatic heterocycles. The Morgan fingerprint density at radius 1 is 1.22 bits per heavy atom. The molecule has 1 aromatic carbocycles. The van der Waals surface area contributed by atoms with Crippen molar-refractivity contribution in [2.24, 2.45) is 5.73 Å². The number of para-hydroxylation sites is 1. The van der Waals surface area contributed by atoms with Gasteiger partial charge in [-0.2, -0.15) is 0 Å². The molecule has 1 heterocycles. The molecule has 2 aromatic rings. The summed E-state index contributed by atoms with van der Waals surface area (Å²) in [4.78, 5) is 4.48. The van der Waals surface area contributed by atoms with Crippen molar-refractivity contribution < 1.29 is 0 Å². The largest absolute Gasteiger partial charge is 0.328 e. The molecule has 3 rings (SSSR count). The summed E-state index contributed by atoms with van der Waals surface area (Å²) in [5.41, 5.74) is 8.23. The Hall–Kier alpha value is -1.45. The lowest BCUT2D eigenvalue weighted by molar-refractivity contribution is 0.294. The van der Waals surface area contributed by atoms with Gasteiger partial charge >= 0.3 is 0 Å². The van der Waals surface area contributed by atoms with Gasteiger partial charge in [0.15, 0.2) is 0 Å². The highest BCUT2D eigenvalue weighted by molar-refractivity contribution is 5.81. The van der Waals surface area contributed by atoms with E-state index in [1.165, 1.54) is 10.9 Å². The first-order valence-corrected chi connectivity index (χ1v) is 6.64. The van der Waals surface area contributed by atoms with Crippen LogP contribution in [0.25, 0.3) is 10.9 Å². The number of nitrogens with two attached hydrogens (primary N) is 1. The van der Waals surface area contributed by atoms with Crippen molar-refractivity contribution in [3.63, 3.8) is 0 Å². The topological polar surface area (TPSA) is 50.9 Å². The number of nitrogens with zero attached hydrogens (tertiary/aromatic N) is 1. The average molecular weight is 241 g/mol. The van der Waals surface area contributed by atoms with Gasteiger partial charge in [0, 0.05) is 23.7 Å². The average Bonchev–Trinajstić information content (AvgIpc) is 2.37. The molecule has 1 aliphatic rings. The van der Waals surface area contributed by atoms with Crippen LogP contribution in [0.4, 0.5) is 0 Å². The van der Waals surface area contributed by atoms with E-state index >= 15 is 0 Å². The fraction of sp³-hybridized carbons (Fsp3) is 0.400. The molecule has 3 N–H and O–H groups in total. The molecule has 0 unspecified atom stereocenters. The molecule has 0 atom stereocenters. The fourth-order valence-electron chi connectivity index (χ4n) is 2.61. The Balaban J connectivity index is 1.64. The molecule has 3 heteroatoms. The number of benzene rings is 1. The van der Waals surface area contributed by atoms with Crippen LogP contribution in [0, 0.1) is 0 Å². The summed E-state index contributed by atoms with van der Waals surface area (Å²) in [6, 6.07) is 11.5. The zero-order valence-electron chi connectivity index (χ0n) is 10.5. The zero-order valence-corrected chi connectivity index (χ0v) is 10.5. The maximum Gasteiger partial charge on any atom is 0.0734 e. The maximum absolute atomic E-state index is 5.78. The van der Waals surface area contributed by atoms with Crippen LogP contribution in [0.5, 0.6) is 0 Å². The van der Waals surface area contributed by atoms with Crippen LogP contribution in [0.3, 0.4) is 0 Å². The second kappa shape index (κ2) is 5.04. The van der Waals surface area contributed by atoms with Crippen LogP contribution >= 0.6 is 0 Å². The molecular weight excluding hydrogens is 222 g/mol. The van der Waals surface area contributed by atoms with E-state index in [-0.39, 0.29) is 0 Å². The summed E-state index contributed by atoms with van der Waals surface area (Å²) in [7, 11) is 0. The van der Waals surface area contributed by atoms with Gasteiger partial charge < -0.3 is 11.1 Å². The normalized spacial score (nSPS) is 22.9. The van der Waals surface area contributed by atoms with E-state index in [9.17, 15) is 0 Å². The molecule has 1 fully saturated rings. The maximum atomic E-state index is 5.78. The summed E-state index contributed by atoms with van der Waals surface area (Å²) < 4.78 is 0. The van der Waals surface area contributed by atoms with Gasteiger partial charge in [-0.05, 0) is 37.4 Å². The van der Waals surface area contributed by atoms with Gasteiger partial charge in [-0.1, -0.05) is 24.3 Å². The summed E-state index contributed by atoms with van der Waals surface area (Å²) >= 11 is 0. The van der Waals surface area contributed by atoms with Crippen molar-refractivity contribution in [3.05, 3.63) is 42.1 Å². The summed E-state index contributed by atoms with van der Waals surface area (Å²) in [5, 5.41) is 4.78. The Kier molecular flexibility index (Phi) is 3.26. The second-order valence-electron chi connectivity index (χ2n) is 5.12. The van der Waals surface area contributed by atoms with E-state index in [2.05, 4.69) is 34.6 Å². The van der Waals surface area contributed by atoms with Crippen molar-refractivity contribution in [1.82, 2.24) is 10.3 Å². The van der Waals surface area contributed by atoms with Crippen LogP contribution in [-0.2, 0) is 6.42 Å². The minimum absolute atomic E-state index is 0.418. The zero-order chi connectivity index (χ0) is 12.4. The molecule has 0 aliphatic heterocycles. The van der Waals surface area contributed by atoms with Crippen molar-refractivity contribution in [3.8, 4) is 0 Å². The van der Waals surface area contributed by atoms with E-state index in [0.29, 0.717) is 12.1 Å². The van der Waals surface area contributed by atoms with Gasteiger partial charge in [-0.15, -0.1) is 0 Å². The highest BCUT2D eigenvalue weighted by Gasteiger charge is 2.24. The summed E-state index contributed by atoms with van der Waals surface area (Å²) in [6.45, 7) is 1.01. The van der Waals surface area contributed by atoms with Gasteiger partial charge in [0.25, 0.3) is 0 Å². The van der Waals surface area contributed by atoms with Crippen LogP contribution < -0.4 is 11.1 Å². The smallest absolute Gasteiger partial charge is 0.0734 e. The molecule has 3 nitrogen and oxygen atoms in total. The molecule has 1 aliphatic carbocycles. The van der Waals surface area contributed by atoms with Crippen LogP contribution in [0.15, 0.2) is 36.5 Å². The van der Waals surface area contributed by atoms with E-state index in [4.69, 9.17) is 5.73 Å². The van der Waals surface area contributed by atoms with Crippen molar-refractivity contribution in [2.75, 3.05) is 6.54 Å². The minimum atomic E-state index is 0.418. The van der Waals surface area contributed by atoms with Gasteiger partial charge in [0.05, 0.1) is 5.52 Å². The molecule has 94 valence electrons. The quantitative estimate of drug-likeness (QED) is 0.859. The number of aromatic nitrogens is 1. The van der Waals surface area contributed by atoms with Crippen LogP contribution in [0.2, 0.25) is 0 Å². The molecule has 18 heavy (non-hydrogen) atoms. The predicted octanol–water partition coefficient (Wildman–Crippen LogP) is 1.86. The Morgan fingerprint density at radius 3 is 2.89 bits per heavy atom. The van der Waals surface area contributed by atoms with Crippen LogP contribution in [-0.4, -0.2) is 23.6 Å². The fourth-order valence-corrected chi connectivity index (χ4v) is 2.61. The van der Waals surface area contributed by atoms with Crippen molar-refractivity contribution >= 4 is 10.9 Å². The third-order valence-corrected chi connectivity index (χ3v) is 3.72.